The molecule has 11 heteroatoms. The van der Waals surface area contributed by atoms with E-state index in [0.29, 0.717) is 22.4 Å². The molecular formula is C30H30N2O9. The number of phenols is 1. The van der Waals surface area contributed by atoms with Crippen molar-refractivity contribution < 1.29 is 44.3 Å². The van der Waals surface area contributed by atoms with E-state index >= 15 is 0 Å². The summed E-state index contributed by atoms with van der Waals surface area (Å²) in [6.07, 6.45) is -0.694. The van der Waals surface area contributed by atoms with Crippen molar-refractivity contribution in [2.75, 3.05) is 5.32 Å². The summed E-state index contributed by atoms with van der Waals surface area (Å²) in [6, 6.07) is 9.80. The minimum Gasteiger partial charge on any atom is -0.511 e. The number of rotatable bonds is 3. The zero-order valence-corrected chi connectivity index (χ0v) is 22.6. The molecule has 3 aliphatic carbocycles. The van der Waals surface area contributed by atoms with Gasteiger partial charge in [0.15, 0.2) is 11.4 Å². The lowest BCUT2D eigenvalue weighted by Crippen LogP contribution is -2.57. The Labute approximate surface area is 234 Å². The first-order valence-electron chi connectivity index (χ1n) is 13.1. The second-order valence-electron chi connectivity index (χ2n) is 11.6. The lowest BCUT2D eigenvalue weighted by Gasteiger charge is -2.45. The van der Waals surface area contributed by atoms with Gasteiger partial charge in [-0.05, 0) is 74.4 Å². The van der Waals surface area contributed by atoms with E-state index in [1.807, 2.05) is 0 Å². The molecule has 0 heterocycles. The van der Waals surface area contributed by atoms with Crippen molar-refractivity contribution in [2.45, 2.75) is 51.2 Å². The molecule has 214 valence electrons. The summed E-state index contributed by atoms with van der Waals surface area (Å²) >= 11 is 0. The van der Waals surface area contributed by atoms with Gasteiger partial charge in [0.05, 0.1) is 5.56 Å². The highest BCUT2D eigenvalue weighted by Gasteiger charge is 2.59. The molecule has 2 amide bonds. The van der Waals surface area contributed by atoms with Crippen LogP contribution in [-0.2, 0) is 20.7 Å². The molecule has 0 aliphatic heterocycles. The van der Waals surface area contributed by atoms with E-state index in [0.717, 1.165) is 0 Å². The molecule has 11 nitrogen and oxygen atoms in total. The number of phenolic OH excluding ortho intramolecular Hbond substituents is 1. The monoisotopic (exact) mass is 562 g/mol. The Bertz CT molecular complexity index is 1580. The third-order valence-electron chi connectivity index (χ3n) is 7.79. The Balaban J connectivity index is 1.53. The number of primary amides is 1. The molecule has 2 aromatic rings. The highest BCUT2D eigenvalue weighted by atomic mass is 16.6. The third kappa shape index (κ3) is 4.51. The van der Waals surface area contributed by atoms with Crippen LogP contribution in [0.25, 0.3) is 11.1 Å². The normalized spacial score (nSPS) is 23.9. The maximum Gasteiger partial charge on any atom is 0.412 e. The van der Waals surface area contributed by atoms with Crippen LogP contribution < -0.4 is 11.1 Å². The van der Waals surface area contributed by atoms with Crippen molar-refractivity contribution in [3.8, 4) is 16.9 Å². The molecule has 0 fully saturated rings. The number of carbonyl (C=O) groups excluding carboxylic acids is 4. The van der Waals surface area contributed by atoms with E-state index < -0.39 is 63.7 Å². The van der Waals surface area contributed by atoms with Gasteiger partial charge in [0.25, 0.3) is 5.91 Å². The van der Waals surface area contributed by atoms with Crippen molar-refractivity contribution >= 4 is 29.3 Å². The van der Waals surface area contributed by atoms with Gasteiger partial charge in [-0.1, -0.05) is 18.2 Å². The molecule has 7 N–H and O–H groups in total. The quantitative estimate of drug-likeness (QED) is 0.303. The molecule has 0 saturated heterocycles. The van der Waals surface area contributed by atoms with Crippen molar-refractivity contribution in [1.29, 1.82) is 0 Å². The number of benzene rings is 2. The van der Waals surface area contributed by atoms with Gasteiger partial charge >= 0.3 is 6.09 Å². The van der Waals surface area contributed by atoms with Gasteiger partial charge in [0, 0.05) is 23.6 Å². The zero-order chi connectivity index (χ0) is 30.0. The Morgan fingerprint density at radius 3 is 2.29 bits per heavy atom. The average Bonchev–Trinajstić information content (AvgIpc) is 2.85. The van der Waals surface area contributed by atoms with E-state index in [9.17, 15) is 39.6 Å². The van der Waals surface area contributed by atoms with Crippen LogP contribution in [0.4, 0.5) is 10.5 Å². The fourth-order valence-electron chi connectivity index (χ4n) is 6.04. The smallest absolute Gasteiger partial charge is 0.412 e. The van der Waals surface area contributed by atoms with Crippen molar-refractivity contribution in [1.82, 2.24) is 0 Å². The Kier molecular flexibility index (Phi) is 6.45. The number of hydrogen-bond acceptors (Lipinski definition) is 9. The second-order valence-corrected chi connectivity index (χ2v) is 11.6. The average molecular weight is 563 g/mol. The minimum absolute atomic E-state index is 0.0385. The molecule has 0 radical (unpaired) electrons. The minimum atomic E-state index is -2.61. The number of hydrogen-bond donors (Lipinski definition) is 6. The van der Waals surface area contributed by atoms with Crippen LogP contribution in [0.15, 0.2) is 59.1 Å². The van der Waals surface area contributed by atoms with Gasteiger partial charge in [0.1, 0.15) is 28.4 Å². The summed E-state index contributed by atoms with van der Waals surface area (Å²) < 4.78 is 5.27. The predicted molar refractivity (Wildman–Crippen MR) is 146 cm³/mol. The second kappa shape index (κ2) is 9.48. The molecule has 0 saturated carbocycles. The molecule has 3 atom stereocenters. The number of ether oxygens (including phenoxy) is 1. The SMILES string of the molecule is CC(C)(C)OC(=O)Nc1ccc(-c2ccc(O)c3c2C[C@H]2C[C@H]4CC(O)=C(C(N)=O)C(=O)[C@@]4(O)C(O)=C2C3=O)cc1. The van der Waals surface area contributed by atoms with Crippen molar-refractivity contribution in [3.63, 3.8) is 0 Å². The number of nitrogens with one attached hydrogen (secondary N) is 1. The maximum atomic E-state index is 13.7. The van der Waals surface area contributed by atoms with Gasteiger partial charge in [0.2, 0.25) is 5.78 Å². The number of amides is 2. The standard InChI is InChI=1S/C30H30N2O9/c1-29(2,3)41-28(39)32-16-6-4-13(5-7-16)17-8-9-19(33)22-18(17)11-14-10-15-12-20(34)23(27(31)38)26(37)30(15,40)25(36)21(14)24(22)35/h4-9,14-15,33-34,36,40H,10-12H2,1-3H3,(H2,31,38)(H,32,39)/t14-,15+,30+/m1/s1. The van der Waals surface area contributed by atoms with Crippen molar-refractivity contribution in [3.05, 3.63) is 70.2 Å². The van der Waals surface area contributed by atoms with Gasteiger partial charge in [-0.2, -0.15) is 0 Å². The number of fused-ring (bicyclic) bond motifs is 3. The number of ketones is 2. The summed E-state index contributed by atoms with van der Waals surface area (Å²) in [4.78, 5) is 50.7. The Morgan fingerprint density at radius 1 is 1.02 bits per heavy atom. The van der Waals surface area contributed by atoms with Crippen LogP contribution in [0.1, 0.15) is 49.5 Å². The summed E-state index contributed by atoms with van der Waals surface area (Å²) in [7, 11) is 0. The van der Waals surface area contributed by atoms with Gasteiger partial charge < -0.3 is 30.9 Å². The summed E-state index contributed by atoms with van der Waals surface area (Å²) in [5.41, 5.74) is 3.16. The number of carbonyl (C=O) groups is 4. The highest BCUT2D eigenvalue weighted by Crippen LogP contribution is 2.52. The molecule has 0 spiro atoms. The third-order valence-corrected chi connectivity index (χ3v) is 7.79. The molecule has 5 rings (SSSR count). The van der Waals surface area contributed by atoms with E-state index in [-0.39, 0.29) is 36.1 Å². The molecule has 3 aliphatic rings. The van der Waals surface area contributed by atoms with Gasteiger partial charge in [-0.25, -0.2) is 4.79 Å². The van der Waals surface area contributed by atoms with E-state index in [2.05, 4.69) is 5.32 Å². The van der Waals surface area contributed by atoms with Crippen LogP contribution in [0, 0.1) is 11.8 Å². The van der Waals surface area contributed by atoms with Crippen LogP contribution in [-0.4, -0.2) is 55.2 Å². The van der Waals surface area contributed by atoms with Crippen LogP contribution in [0.3, 0.4) is 0 Å². The number of anilines is 1. The fraction of sp³-hybridized carbons (Fsp3) is 0.333. The van der Waals surface area contributed by atoms with Crippen molar-refractivity contribution in [2.24, 2.45) is 17.6 Å². The predicted octanol–water partition coefficient (Wildman–Crippen LogP) is 3.59. The lowest BCUT2D eigenvalue weighted by molar-refractivity contribution is -0.144. The largest absolute Gasteiger partial charge is 0.511 e. The topological polar surface area (TPSA) is 196 Å². The molecule has 0 aromatic heterocycles. The zero-order valence-electron chi connectivity index (χ0n) is 22.6. The van der Waals surface area contributed by atoms with Gasteiger partial charge in [-0.3, -0.25) is 19.7 Å². The summed E-state index contributed by atoms with van der Waals surface area (Å²) in [5, 5.41) is 46.2. The number of aliphatic hydroxyl groups excluding tert-OH is 2. The van der Waals surface area contributed by atoms with Crippen LogP contribution in [0.2, 0.25) is 0 Å². The molecule has 0 bridgehead atoms. The van der Waals surface area contributed by atoms with E-state index in [1.165, 1.54) is 6.07 Å². The number of allylic oxidation sites excluding steroid dienone is 2. The lowest BCUT2D eigenvalue weighted by atomic mass is 9.60. The molecule has 0 unspecified atom stereocenters. The summed E-state index contributed by atoms with van der Waals surface area (Å²) in [6.45, 7) is 5.26. The van der Waals surface area contributed by atoms with Gasteiger partial charge in [-0.15, -0.1) is 0 Å². The summed E-state index contributed by atoms with van der Waals surface area (Å²) in [5.74, 6) is -6.74. The van der Waals surface area contributed by atoms with E-state index in [4.69, 9.17) is 10.5 Å². The van der Waals surface area contributed by atoms with Crippen LogP contribution in [0.5, 0.6) is 5.75 Å². The number of nitrogens with two attached hydrogens (primary N) is 1. The first-order chi connectivity index (χ1) is 19.1. The number of aliphatic hydroxyl groups is 3. The van der Waals surface area contributed by atoms with E-state index in [1.54, 1.807) is 51.1 Å². The highest BCUT2D eigenvalue weighted by molar-refractivity contribution is 6.24. The fourth-order valence-corrected chi connectivity index (χ4v) is 6.04. The maximum absolute atomic E-state index is 13.7. The first kappa shape index (κ1) is 27.9. The Morgan fingerprint density at radius 2 is 1.68 bits per heavy atom. The Hall–Kier alpha value is -4.64. The number of Topliss-reactive ketones (excluding diaryl/α,β-unsaturated/α-hetero) is 2. The number of aromatic hydroxyl groups is 1. The molecular weight excluding hydrogens is 532 g/mol. The molecule has 41 heavy (non-hydrogen) atoms. The molecule has 2 aromatic carbocycles. The van der Waals surface area contributed by atoms with Crippen LogP contribution >= 0.6 is 0 Å². The first-order valence-corrected chi connectivity index (χ1v) is 13.1.